The van der Waals surface area contributed by atoms with Gasteiger partial charge in [0.05, 0.1) is 16.5 Å². The van der Waals surface area contributed by atoms with Gasteiger partial charge in [-0.15, -0.1) is 22.7 Å². The lowest BCUT2D eigenvalue weighted by molar-refractivity contribution is -0.157. The van der Waals surface area contributed by atoms with Gasteiger partial charge in [0.1, 0.15) is 5.60 Å². The van der Waals surface area contributed by atoms with Crippen LogP contribution >= 0.6 is 34.3 Å². The summed E-state index contributed by atoms with van der Waals surface area (Å²) in [6.45, 7) is 5.05. The van der Waals surface area contributed by atoms with Gasteiger partial charge >= 0.3 is 11.9 Å². The van der Waals surface area contributed by atoms with Gasteiger partial charge in [-0.3, -0.25) is 0 Å². The predicted octanol–water partition coefficient (Wildman–Crippen LogP) is 5.28. The van der Waals surface area contributed by atoms with Crippen LogP contribution in [0, 0.1) is 0 Å². The minimum Gasteiger partial charge on any atom is -0.479 e. The van der Waals surface area contributed by atoms with Crippen molar-refractivity contribution >= 4 is 65.7 Å². The first kappa shape index (κ1) is 18.9. The average molecular weight is 413 g/mol. The molecule has 0 spiro atoms. The van der Waals surface area contributed by atoms with Crippen molar-refractivity contribution in [1.29, 1.82) is 0 Å². The maximum atomic E-state index is 12.1. The number of hydrogen-bond donors (Lipinski definition) is 0. The molecule has 0 amide bonds. The molecule has 1 aromatic carbocycles. The number of benzene rings is 1. The van der Waals surface area contributed by atoms with Gasteiger partial charge in [-0.1, -0.05) is 17.7 Å². The molecule has 0 saturated carbocycles. The Kier molecular flexibility index (Phi) is 5.14. The lowest BCUT2D eigenvalue weighted by Gasteiger charge is -2.19. The van der Waals surface area contributed by atoms with E-state index in [2.05, 4.69) is 0 Å². The second-order valence-corrected chi connectivity index (χ2v) is 9.04. The topological polar surface area (TPSA) is 61.8 Å². The Morgan fingerprint density at radius 1 is 1.15 bits per heavy atom. The van der Waals surface area contributed by atoms with Crippen molar-refractivity contribution in [1.82, 2.24) is 0 Å². The summed E-state index contributed by atoms with van der Waals surface area (Å²) in [4.78, 5) is 24.5. The Morgan fingerprint density at radius 3 is 2.54 bits per heavy atom. The Balaban J connectivity index is 2.01. The van der Waals surface area contributed by atoms with Gasteiger partial charge in [0.2, 0.25) is 0 Å². The summed E-state index contributed by atoms with van der Waals surface area (Å²) in [5.41, 5.74) is -0.607. The third kappa shape index (κ3) is 3.79. The van der Waals surface area contributed by atoms with Gasteiger partial charge in [0, 0.05) is 15.1 Å². The van der Waals surface area contributed by atoms with Crippen molar-refractivity contribution in [3.8, 4) is 5.75 Å². The average Bonchev–Trinajstić information content (AvgIpc) is 3.05. The van der Waals surface area contributed by atoms with Crippen LogP contribution in [0.25, 0.3) is 19.5 Å². The molecule has 8 heteroatoms. The van der Waals surface area contributed by atoms with E-state index in [9.17, 15) is 9.59 Å². The molecule has 0 fully saturated rings. The summed E-state index contributed by atoms with van der Waals surface area (Å²) in [6.07, 6.45) is 0. The molecule has 2 aromatic heterocycles. The number of thiophene rings is 2. The molecule has 0 atom stereocenters. The number of carbonyl (C=O) groups excluding carboxylic acids is 2. The summed E-state index contributed by atoms with van der Waals surface area (Å²) < 4.78 is 18.5. The van der Waals surface area contributed by atoms with Crippen LogP contribution in [0.4, 0.5) is 0 Å². The van der Waals surface area contributed by atoms with Crippen LogP contribution in [0.5, 0.6) is 5.75 Å². The number of halogens is 1. The minimum absolute atomic E-state index is 0.290. The molecule has 26 heavy (non-hydrogen) atoms. The fourth-order valence-electron chi connectivity index (χ4n) is 2.41. The molecule has 0 radical (unpaired) electrons. The molecule has 0 aliphatic carbocycles. The fourth-order valence-corrected chi connectivity index (χ4v) is 5.27. The van der Waals surface area contributed by atoms with E-state index >= 15 is 0 Å². The van der Waals surface area contributed by atoms with Crippen LogP contribution < -0.4 is 4.74 Å². The Labute approximate surface area is 163 Å². The maximum Gasteiger partial charge on any atom is 0.351 e. The van der Waals surface area contributed by atoms with Crippen LogP contribution in [0.15, 0.2) is 18.2 Å². The number of fused-ring (bicyclic) bond motifs is 3. The van der Waals surface area contributed by atoms with E-state index in [1.807, 2.05) is 12.1 Å². The second-order valence-electron chi connectivity index (χ2n) is 6.53. The first-order valence-electron chi connectivity index (χ1n) is 7.77. The van der Waals surface area contributed by atoms with E-state index in [1.54, 1.807) is 26.8 Å². The van der Waals surface area contributed by atoms with Crippen LogP contribution in [-0.4, -0.2) is 31.3 Å². The summed E-state index contributed by atoms with van der Waals surface area (Å²) in [5, 5.41) is 1.62. The first-order chi connectivity index (χ1) is 12.2. The molecular formula is C18H17ClO5S2. The lowest BCUT2D eigenvalue weighted by Crippen LogP contribution is -2.27. The highest BCUT2D eigenvalue weighted by Gasteiger charge is 2.25. The van der Waals surface area contributed by atoms with Crippen molar-refractivity contribution in [2.45, 2.75) is 26.4 Å². The number of carbonyl (C=O) groups is 2. The van der Waals surface area contributed by atoms with Gasteiger partial charge in [0.25, 0.3) is 0 Å². The minimum atomic E-state index is -0.607. The molecule has 0 aliphatic heterocycles. The van der Waals surface area contributed by atoms with Gasteiger partial charge in [-0.25, -0.2) is 9.59 Å². The van der Waals surface area contributed by atoms with Gasteiger partial charge < -0.3 is 14.2 Å². The van der Waals surface area contributed by atoms with E-state index in [-0.39, 0.29) is 6.61 Å². The molecule has 3 aromatic rings. The highest BCUT2D eigenvalue weighted by Crippen LogP contribution is 2.47. The molecule has 3 rings (SSSR count). The number of esters is 2. The number of methoxy groups -OCH3 is 1. The Morgan fingerprint density at radius 2 is 1.88 bits per heavy atom. The fraction of sp³-hybridized carbons (Fsp3) is 0.333. The van der Waals surface area contributed by atoms with Crippen molar-refractivity contribution in [2.24, 2.45) is 0 Å². The van der Waals surface area contributed by atoms with Gasteiger partial charge in [0.15, 0.2) is 17.2 Å². The van der Waals surface area contributed by atoms with Crippen molar-refractivity contribution in [3.63, 3.8) is 0 Å². The first-order valence-corrected chi connectivity index (χ1v) is 9.78. The Hall–Kier alpha value is -1.83. The summed E-state index contributed by atoms with van der Waals surface area (Å²) in [6, 6.07) is 5.57. The van der Waals surface area contributed by atoms with E-state index in [0.29, 0.717) is 15.6 Å². The maximum absolute atomic E-state index is 12.1. The summed E-state index contributed by atoms with van der Waals surface area (Å²) in [5.74, 6) is -0.656. The monoisotopic (exact) mass is 412 g/mol. The van der Waals surface area contributed by atoms with Gasteiger partial charge in [-0.2, -0.15) is 0 Å². The largest absolute Gasteiger partial charge is 0.479 e. The predicted molar refractivity (Wildman–Crippen MR) is 105 cm³/mol. The quantitative estimate of drug-likeness (QED) is 0.546. The second kappa shape index (κ2) is 7.06. The molecule has 0 N–H and O–H groups in total. The molecule has 0 unspecified atom stereocenters. The normalized spacial score (nSPS) is 11.7. The third-order valence-corrected chi connectivity index (χ3v) is 6.05. The third-order valence-electron chi connectivity index (χ3n) is 3.35. The Bertz CT molecular complexity index is 996. The van der Waals surface area contributed by atoms with E-state index in [1.165, 1.54) is 29.8 Å². The zero-order valence-electron chi connectivity index (χ0n) is 14.7. The van der Waals surface area contributed by atoms with E-state index in [4.69, 9.17) is 25.8 Å². The number of ether oxygens (including phenoxy) is 3. The van der Waals surface area contributed by atoms with E-state index < -0.39 is 17.5 Å². The molecule has 138 valence electrons. The lowest BCUT2D eigenvalue weighted by atomic mass is 10.2. The van der Waals surface area contributed by atoms with Crippen LogP contribution in [0.3, 0.4) is 0 Å². The number of rotatable bonds is 4. The van der Waals surface area contributed by atoms with Crippen molar-refractivity contribution < 1.29 is 23.8 Å². The van der Waals surface area contributed by atoms with Crippen LogP contribution in [-0.2, 0) is 14.3 Å². The highest BCUT2D eigenvalue weighted by molar-refractivity contribution is 7.34. The van der Waals surface area contributed by atoms with Gasteiger partial charge in [-0.05, 0) is 32.9 Å². The van der Waals surface area contributed by atoms with Crippen LogP contribution in [0.1, 0.15) is 30.4 Å². The molecule has 2 heterocycles. The molecule has 0 aliphatic rings. The van der Waals surface area contributed by atoms with E-state index in [0.717, 1.165) is 19.5 Å². The van der Waals surface area contributed by atoms with Crippen molar-refractivity contribution in [3.05, 3.63) is 28.1 Å². The number of hydrogen-bond acceptors (Lipinski definition) is 7. The van der Waals surface area contributed by atoms with Crippen molar-refractivity contribution in [2.75, 3.05) is 13.7 Å². The summed E-state index contributed by atoms with van der Waals surface area (Å²) >= 11 is 8.80. The molecular weight excluding hydrogens is 396 g/mol. The molecule has 5 nitrogen and oxygen atoms in total. The zero-order chi connectivity index (χ0) is 19.1. The van der Waals surface area contributed by atoms with Crippen LogP contribution in [0.2, 0.25) is 5.02 Å². The molecule has 0 bridgehead atoms. The summed E-state index contributed by atoms with van der Waals surface area (Å²) in [7, 11) is 1.31. The zero-order valence-corrected chi connectivity index (χ0v) is 17.1. The highest BCUT2D eigenvalue weighted by atomic mass is 35.5. The molecule has 0 saturated heterocycles. The smallest absolute Gasteiger partial charge is 0.351 e. The standard InChI is InChI=1S/C18H17ClO5S2/c1-18(2,3)24-12(20)8-23-13-15-14(26-16(13)17(21)22-4)10-6-5-9(19)7-11(10)25-15/h5-7H,8H2,1-4H3. The SMILES string of the molecule is COC(=O)c1sc2c(sc3cc(Cl)ccc32)c1OCC(=O)OC(C)(C)C.